The number of fused-ring (bicyclic) bond motifs is 10. The predicted molar refractivity (Wildman–Crippen MR) is 370 cm³/mol. The van der Waals surface area contributed by atoms with E-state index < -0.39 is 0 Å². The molecule has 4 heterocycles. The molecule has 0 spiro atoms. The molecule has 0 saturated heterocycles. The highest BCUT2D eigenvalue weighted by Crippen LogP contribution is 2.51. The standard InChI is InChI=1S/C80H53B2N5/c1-7-27-60(28-8-1)83(61-29-9-2-10-30-61)66-50-77-80-78(51-66)87(65-37-17-6-18-38-65)74-53-73-69(52-70(74)82(80)68-40-22-24-42-72(68)85(77)63-33-13-4-14-34-63)81-67-39-21-23-41-71(67)84(62-31-11-3-12-32-62)75-48-59(49-76(79(75)81)86(73)64-35-15-5-16-36-64)57-44-43-56-45-54-25-19-20-26-55(54)46-58(56)47-57/h1-53H. The summed E-state index contributed by atoms with van der Waals surface area (Å²) in [6.45, 7) is -0.262. The van der Waals surface area contributed by atoms with Crippen LogP contribution < -0.4 is 57.3 Å². The van der Waals surface area contributed by atoms with Gasteiger partial charge in [0.15, 0.2) is 0 Å². The predicted octanol–water partition coefficient (Wildman–Crippen LogP) is 17.3. The Morgan fingerprint density at radius 1 is 0.207 bits per heavy atom. The van der Waals surface area contributed by atoms with Gasteiger partial charge in [0.2, 0.25) is 0 Å². The fourth-order valence-electron chi connectivity index (χ4n) is 14.8. The lowest BCUT2D eigenvalue weighted by atomic mass is 9.30. The van der Waals surface area contributed by atoms with Gasteiger partial charge in [-0.15, -0.1) is 0 Å². The van der Waals surface area contributed by atoms with E-state index in [2.05, 4.69) is 346 Å². The smallest absolute Gasteiger partial charge is 0.252 e. The molecule has 14 aromatic carbocycles. The highest BCUT2D eigenvalue weighted by Gasteiger charge is 2.48. The van der Waals surface area contributed by atoms with Gasteiger partial charge in [-0.1, -0.05) is 188 Å². The Kier molecular flexibility index (Phi) is 11.1. The lowest BCUT2D eigenvalue weighted by molar-refractivity contribution is 1.22. The van der Waals surface area contributed by atoms with Crippen LogP contribution in [0.3, 0.4) is 0 Å². The molecule has 0 aliphatic carbocycles. The summed E-state index contributed by atoms with van der Waals surface area (Å²) < 4.78 is 0. The third-order valence-corrected chi connectivity index (χ3v) is 18.4. The van der Waals surface area contributed by atoms with E-state index in [1.807, 2.05) is 0 Å². The molecule has 0 bridgehead atoms. The van der Waals surface area contributed by atoms with Crippen molar-refractivity contribution in [3.8, 4) is 11.1 Å². The van der Waals surface area contributed by atoms with Crippen LogP contribution in [-0.4, -0.2) is 13.4 Å². The first kappa shape index (κ1) is 49.2. The third-order valence-electron chi connectivity index (χ3n) is 18.4. The highest BCUT2D eigenvalue weighted by molar-refractivity contribution is 7.03. The summed E-state index contributed by atoms with van der Waals surface area (Å²) in [5.74, 6) is 0. The van der Waals surface area contributed by atoms with Crippen LogP contribution in [0, 0.1) is 0 Å². The van der Waals surface area contributed by atoms with Crippen molar-refractivity contribution < 1.29 is 0 Å². The van der Waals surface area contributed by atoms with E-state index in [9.17, 15) is 0 Å². The lowest BCUT2D eigenvalue weighted by Crippen LogP contribution is -2.65. The number of anilines is 15. The number of hydrogen-bond donors (Lipinski definition) is 0. The molecular formula is C80H53B2N5. The van der Waals surface area contributed by atoms with Crippen LogP contribution in [0.1, 0.15) is 0 Å². The van der Waals surface area contributed by atoms with Crippen molar-refractivity contribution in [2.45, 2.75) is 0 Å². The van der Waals surface area contributed by atoms with Crippen molar-refractivity contribution in [2.75, 3.05) is 24.5 Å². The number of benzene rings is 14. The Balaban J connectivity index is 0.948. The molecule has 0 fully saturated rings. The second kappa shape index (κ2) is 19.7. The number of nitrogens with zero attached hydrogens (tertiary/aromatic N) is 5. The monoisotopic (exact) mass is 1110 g/mol. The van der Waals surface area contributed by atoms with Crippen LogP contribution in [0.5, 0.6) is 0 Å². The van der Waals surface area contributed by atoms with E-state index in [1.165, 1.54) is 76.9 Å². The Hall–Kier alpha value is -11.3. The number of hydrogen-bond acceptors (Lipinski definition) is 5. The van der Waals surface area contributed by atoms with Crippen molar-refractivity contribution in [2.24, 2.45) is 0 Å². The Bertz CT molecular complexity index is 4990. The summed E-state index contributed by atoms with van der Waals surface area (Å²) in [4.78, 5) is 12.6. The van der Waals surface area contributed by atoms with Gasteiger partial charge in [-0.2, -0.15) is 0 Å². The average molecular weight is 1110 g/mol. The zero-order valence-electron chi connectivity index (χ0n) is 47.5. The minimum atomic E-state index is -0.138. The molecule has 4 aliphatic heterocycles. The molecule has 0 N–H and O–H groups in total. The van der Waals surface area contributed by atoms with Gasteiger partial charge in [-0.3, -0.25) is 0 Å². The maximum absolute atomic E-state index is 2.63. The van der Waals surface area contributed by atoms with Gasteiger partial charge < -0.3 is 24.5 Å². The van der Waals surface area contributed by atoms with E-state index in [0.29, 0.717) is 0 Å². The van der Waals surface area contributed by atoms with Crippen molar-refractivity contribution in [1.82, 2.24) is 0 Å². The molecule has 14 aromatic rings. The van der Waals surface area contributed by atoms with Gasteiger partial charge in [-0.25, -0.2) is 0 Å². The van der Waals surface area contributed by atoms with Crippen molar-refractivity contribution in [3.63, 3.8) is 0 Å². The Labute approximate surface area is 507 Å². The highest BCUT2D eigenvalue weighted by atomic mass is 15.2. The molecule has 0 atom stereocenters. The summed E-state index contributed by atoms with van der Waals surface area (Å²) in [6, 6.07) is 120. The topological polar surface area (TPSA) is 16.2 Å². The maximum Gasteiger partial charge on any atom is 0.252 e. The third kappa shape index (κ3) is 7.69. The largest absolute Gasteiger partial charge is 0.311 e. The van der Waals surface area contributed by atoms with Crippen LogP contribution in [0.15, 0.2) is 322 Å². The van der Waals surface area contributed by atoms with E-state index >= 15 is 0 Å². The molecule has 7 heteroatoms. The minimum absolute atomic E-state index is 0.123. The first-order chi connectivity index (χ1) is 43.2. The fraction of sp³-hybridized carbons (Fsp3) is 0. The van der Waals surface area contributed by atoms with E-state index in [-0.39, 0.29) is 13.4 Å². The molecule has 0 saturated carbocycles. The molecular weight excluding hydrogens is 1050 g/mol. The summed E-state index contributed by atoms with van der Waals surface area (Å²) in [6.07, 6.45) is 0. The van der Waals surface area contributed by atoms with Gasteiger partial charge >= 0.3 is 0 Å². The Morgan fingerprint density at radius 3 is 1.01 bits per heavy atom. The van der Waals surface area contributed by atoms with Crippen LogP contribution in [-0.2, 0) is 0 Å². The molecule has 18 rings (SSSR count). The molecule has 0 amide bonds. The molecule has 5 nitrogen and oxygen atoms in total. The maximum atomic E-state index is 2.63. The van der Waals surface area contributed by atoms with Crippen LogP contribution in [0.4, 0.5) is 85.3 Å². The molecule has 0 radical (unpaired) electrons. The molecule has 87 heavy (non-hydrogen) atoms. The van der Waals surface area contributed by atoms with Gasteiger partial charge in [0.05, 0.1) is 5.69 Å². The van der Waals surface area contributed by atoms with Crippen LogP contribution >= 0.6 is 0 Å². The molecule has 0 aromatic heterocycles. The molecule has 4 aliphatic rings. The van der Waals surface area contributed by atoms with Crippen LogP contribution in [0.25, 0.3) is 32.7 Å². The summed E-state index contributed by atoms with van der Waals surface area (Å²) in [5, 5.41) is 4.93. The second-order valence-electron chi connectivity index (χ2n) is 23.2. The lowest BCUT2D eigenvalue weighted by Gasteiger charge is -2.47. The van der Waals surface area contributed by atoms with Crippen LogP contribution in [0.2, 0.25) is 0 Å². The van der Waals surface area contributed by atoms with Crippen molar-refractivity contribution in [3.05, 3.63) is 322 Å². The second-order valence-corrected chi connectivity index (χ2v) is 23.2. The quantitative estimate of drug-likeness (QED) is 0.111. The van der Waals surface area contributed by atoms with Gasteiger partial charge in [0, 0.05) is 79.6 Å². The molecule has 0 unspecified atom stereocenters. The van der Waals surface area contributed by atoms with Gasteiger partial charge in [-0.05, 0) is 199 Å². The number of para-hydroxylation sites is 8. The number of rotatable bonds is 8. The first-order valence-corrected chi connectivity index (χ1v) is 30.1. The first-order valence-electron chi connectivity index (χ1n) is 30.1. The van der Waals surface area contributed by atoms with Crippen molar-refractivity contribution in [1.29, 1.82) is 0 Å². The summed E-state index contributed by atoms with van der Waals surface area (Å²) in [5.41, 5.74) is 26.9. The average Bonchev–Trinajstić information content (AvgIpc) is 0.748. The van der Waals surface area contributed by atoms with E-state index in [0.717, 1.165) is 73.8 Å². The van der Waals surface area contributed by atoms with Crippen molar-refractivity contribution >= 4 is 153 Å². The summed E-state index contributed by atoms with van der Waals surface area (Å²) in [7, 11) is 0. The summed E-state index contributed by atoms with van der Waals surface area (Å²) >= 11 is 0. The minimum Gasteiger partial charge on any atom is -0.311 e. The SMILES string of the molecule is c1ccc(N(c2ccccc2)c2cc3c4c(c2)N(c2ccccc2)c2cc5c(cc2B4c2ccccc2N3c2ccccc2)B2c3ccccc3N(c3ccccc3)c3cc(-c4ccc6cc7ccccc7cc6c4)cc(c32)N5c2ccccc2)cc1. The van der Waals surface area contributed by atoms with Gasteiger partial charge in [0.25, 0.3) is 13.4 Å². The zero-order valence-corrected chi connectivity index (χ0v) is 47.5. The zero-order chi connectivity index (χ0) is 57.1. The van der Waals surface area contributed by atoms with E-state index in [4.69, 9.17) is 0 Å². The fourth-order valence-corrected chi connectivity index (χ4v) is 14.8. The van der Waals surface area contributed by atoms with Gasteiger partial charge in [0.1, 0.15) is 0 Å². The normalized spacial score (nSPS) is 13.1. The molecule has 404 valence electrons. The van der Waals surface area contributed by atoms with E-state index in [1.54, 1.807) is 0 Å². The Morgan fingerprint density at radius 2 is 0.563 bits per heavy atom.